The molecule has 1 aromatic carbocycles. The van der Waals surface area contributed by atoms with Gasteiger partial charge in [0, 0.05) is 12.4 Å². The van der Waals surface area contributed by atoms with Crippen molar-refractivity contribution < 1.29 is 23.2 Å². The largest absolute Gasteiger partial charge is 0.478 e. The van der Waals surface area contributed by atoms with Gasteiger partial charge in [-0.25, -0.2) is 18.6 Å². The number of carboxylic acids is 1. The Kier molecular flexibility index (Phi) is 2.94. The first-order valence-corrected chi connectivity index (χ1v) is 5.62. The summed E-state index contributed by atoms with van der Waals surface area (Å²) in [5.41, 5.74) is -0.699. The third-order valence-electron chi connectivity index (χ3n) is 2.66. The molecular formula is C12H6F2N4O3. The SMILES string of the molecule is O=C(O)c1cc(F)c(F)cc1-c1nc(-c2ncc[nH]2)no1. The Balaban J connectivity index is 2.12. The fourth-order valence-electron chi connectivity index (χ4n) is 1.72. The summed E-state index contributed by atoms with van der Waals surface area (Å²) in [6.07, 6.45) is 3.00. The van der Waals surface area contributed by atoms with Crippen molar-refractivity contribution in [1.82, 2.24) is 20.1 Å². The molecule has 0 spiro atoms. The molecular weight excluding hydrogens is 286 g/mol. The molecule has 106 valence electrons. The molecule has 3 rings (SSSR count). The van der Waals surface area contributed by atoms with Gasteiger partial charge in [0.25, 0.3) is 5.89 Å². The minimum atomic E-state index is -1.44. The Morgan fingerprint density at radius 3 is 2.71 bits per heavy atom. The normalized spacial score (nSPS) is 10.8. The summed E-state index contributed by atoms with van der Waals surface area (Å²) < 4.78 is 31.3. The second-order valence-electron chi connectivity index (χ2n) is 3.98. The van der Waals surface area contributed by atoms with Crippen molar-refractivity contribution in [3.8, 4) is 23.1 Å². The van der Waals surface area contributed by atoms with Gasteiger partial charge in [-0.15, -0.1) is 0 Å². The van der Waals surface area contributed by atoms with E-state index < -0.39 is 23.2 Å². The standard InChI is InChI=1S/C12H6F2N4O3/c13-7-3-5(6(12(19)20)4-8(7)14)11-17-10(18-21-11)9-15-1-2-16-9/h1-4H,(H,15,16)(H,19,20). The van der Waals surface area contributed by atoms with Crippen LogP contribution in [-0.4, -0.2) is 31.2 Å². The Morgan fingerprint density at radius 1 is 1.29 bits per heavy atom. The predicted molar refractivity (Wildman–Crippen MR) is 64.2 cm³/mol. The third kappa shape index (κ3) is 2.24. The number of aromatic carboxylic acids is 1. The Bertz CT molecular complexity index is 814. The fourth-order valence-corrected chi connectivity index (χ4v) is 1.72. The molecule has 0 fully saturated rings. The number of carbonyl (C=O) groups is 1. The second kappa shape index (κ2) is 4.78. The van der Waals surface area contributed by atoms with E-state index in [4.69, 9.17) is 9.63 Å². The molecule has 0 saturated heterocycles. The van der Waals surface area contributed by atoms with Crippen LogP contribution in [0.4, 0.5) is 8.78 Å². The lowest BCUT2D eigenvalue weighted by Crippen LogP contribution is -2.02. The van der Waals surface area contributed by atoms with Crippen molar-refractivity contribution in [1.29, 1.82) is 0 Å². The second-order valence-corrected chi connectivity index (χ2v) is 3.98. The summed E-state index contributed by atoms with van der Waals surface area (Å²) >= 11 is 0. The number of rotatable bonds is 3. The van der Waals surface area contributed by atoms with Gasteiger partial charge in [-0.05, 0) is 12.1 Å². The first-order valence-electron chi connectivity index (χ1n) is 5.62. The van der Waals surface area contributed by atoms with Gasteiger partial charge < -0.3 is 14.6 Å². The number of aromatic amines is 1. The van der Waals surface area contributed by atoms with Gasteiger partial charge in [-0.2, -0.15) is 4.98 Å². The summed E-state index contributed by atoms with van der Waals surface area (Å²) in [7, 11) is 0. The third-order valence-corrected chi connectivity index (χ3v) is 2.66. The molecule has 2 aromatic heterocycles. The Morgan fingerprint density at radius 2 is 2.05 bits per heavy atom. The van der Waals surface area contributed by atoms with Crippen LogP contribution in [0.15, 0.2) is 29.0 Å². The molecule has 2 heterocycles. The minimum absolute atomic E-state index is 0.0658. The van der Waals surface area contributed by atoms with Crippen LogP contribution in [0.3, 0.4) is 0 Å². The number of halogens is 2. The summed E-state index contributed by atoms with van der Waals surface area (Å²) in [5.74, 6) is -3.82. The van der Waals surface area contributed by atoms with E-state index in [9.17, 15) is 13.6 Å². The summed E-state index contributed by atoms with van der Waals surface area (Å²) in [6, 6.07) is 1.25. The smallest absolute Gasteiger partial charge is 0.336 e. The monoisotopic (exact) mass is 292 g/mol. The lowest BCUT2D eigenvalue weighted by atomic mass is 10.1. The molecule has 2 N–H and O–H groups in total. The van der Waals surface area contributed by atoms with E-state index in [1.165, 1.54) is 12.4 Å². The number of carboxylic acid groups (broad SMARTS) is 1. The van der Waals surface area contributed by atoms with Crippen LogP contribution < -0.4 is 0 Å². The number of nitrogens with zero attached hydrogens (tertiary/aromatic N) is 3. The van der Waals surface area contributed by atoms with E-state index in [2.05, 4.69) is 20.1 Å². The van der Waals surface area contributed by atoms with Gasteiger partial charge in [-0.3, -0.25) is 0 Å². The average molecular weight is 292 g/mol. The van der Waals surface area contributed by atoms with Crippen LogP contribution >= 0.6 is 0 Å². The maximum absolute atomic E-state index is 13.3. The van der Waals surface area contributed by atoms with Gasteiger partial charge in [-0.1, -0.05) is 5.16 Å². The highest BCUT2D eigenvalue weighted by molar-refractivity contribution is 5.94. The van der Waals surface area contributed by atoms with E-state index in [1.54, 1.807) is 0 Å². The van der Waals surface area contributed by atoms with Gasteiger partial charge in [0.1, 0.15) is 0 Å². The highest BCUT2D eigenvalue weighted by Crippen LogP contribution is 2.26. The molecule has 0 aliphatic carbocycles. The topological polar surface area (TPSA) is 105 Å². The number of nitrogens with one attached hydrogen (secondary N) is 1. The van der Waals surface area contributed by atoms with Crippen LogP contribution in [0.25, 0.3) is 23.1 Å². The zero-order chi connectivity index (χ0) is 15.0. The lowest BCUT2D eigenvalue weighted by Gasteiger charge is -2.02. The van der Waals surface area contributed by atoms with E-state index >= 15 is 0 Å². The van der Waals surface area contributed by atoms with Gasteiger partial charge >= 0.3 is 5.97 Å². The van der Waals surface area contributed by atoms with Gasteiger partial charge in [0.15, 0.2) is 17.5 Å². The highest BCUT2D eigenvalue weighted by Gasteiger charge is 2.21. The van der Waals surface area contributed by atoms with Crippen LogP contribution in [0, 0.1) is 11.6 Å². The summed E-state index contributed by atoms with van der Waals surface area (Å²) in [4.78, 5) is 21.6. The van der Waals surface area contributed by atoms with Crippen LogP contribution in [0.2, 0.25) is 0 Å². The summed E-state index contributed by atoms with van der Waals surface area (Å²) in [6.45, 7) is 0. The van der Waals surface area contributed by atoms with E-state index in [1.807, 2.05) is 0 Å². The molecule has 0 aliphatic rings. The molecule has 0 atom stereocenters. The molecule has 0 unspecified atom stereocenters. The molecule has 0 radical (unpaired) electrons. The quantitative estimate of drug-likeness (QED) is 0.766. The van der Waals surface area contributed by atoms with Crippen molar-refractivity contribution >= 4 is 5.97 Å². The fraction of sp³-hybridized carbons (Fsp3) is 0. The first-order chi connectivity index (χ1) is 10.1. The maximum atomic E-state index is 13.3. The highest BCUT2D eigenvalue weighted by atomic mass is 19.2. The average Bonchev–Trinajstić information content (AvgIpc) is 3.10. The molecule has 3 aromatic rings. The van der Waals surface area contributed by atoms with Gasteiger partial charge in [0.05, 0.1) is 11.1 Å². The molecule has 0 aliphatic heterocycles. The van der Waals surface area contributed by atoms with Crippen LogP contribution in [0.1, 0.15) is 10.4 Å². The van der Waals surface area contributed by atoms with Crippen molar-refractivity contribution in [3.63, 3.8) is 0 Å². The van der Waals surface area contributed by atoms with Gasteiger partial charge in [0.2, 0.25) is 5.82 Å². The lowest BCUT2D eigenvalue weighted by molar-refractivity contribution is 0.0696. The van der Waals surface area contributed by atoms with Crippen LogP contribution in [-0.2, 0) is 0 Å². The molecule has 9 heteroatoms. The van der Waals surface area contributed by atoms with Crippen molar-refractivity contribution in [2.75, 3.05) is 0 Å². The number of aromatic nitrogens is 4. The molecule has 21 heavy (non-hydrogen) atoms. The molecule has 0 amide bonds. The minimum Gasteiger partial charge on any atom is -0.478 e. The zero-order valence-electron chi connectivity index (χ0n) is 10.2. The van der Waals surface area contributed by atoms with E-state index in [0.29, 0.717) is 18.0 Å². The Hall–Kier alpha value is -3.10. The van der Waals surface area contributed by atoms with Crippen molar-refractivity contribution in [2.45, 2.75) is 0 Å². The predicted octanol–water partition coefficient (Wildman–Crippen LogP) is 2.10. The van der Waals surface area contributed by atoms with E-state index in [-0.39, 0.29) is 17.3 Å². The number of hydrogen-bond donors (Lipinski definition) is 2. The summed E-state index contributed by atoms with van der Waals surface area (Å²) in [5, 5.41) is 12.6. The van der Waals surface area contributed by atoms with Crippen molar-refractivity contribution in [3.05, 3.63) is 41.7 Å². The maximum Gasteiger partial charge on any atom is 0.336 e. The number of imidazole rings is 1. The van der Waals surface area contributed by atoms with Crippen LogP contribution in [0.5, 0.6) is 0 Å². The Labute approximate surface area is 115 Å². The number of benzene rings is 1. The molecule has 7 nitrogen and oxygen atoms in total. The molecule has 0 bridgehead atoms. The van der Waals surface area contributed by atoms with Crippen molar-refractivity contribution in [2.24, 2.45) is 0 Å². The number of hydrogen-bond acceptors (Lipinski definition) is 5. The zero-order valence-corrected chi connectivity index (χ0v) is 10.2. The molecule has 0 saturated carbocycles. The number of H-pyrrole nitrogens is 1. The van der Waals surface area contributed by atoms with E-state index in [0.717, 1.165) is 0 Å². The first kappa shape index (κ1) is 12.9.